The number of nitrogens with zero attached hydrogens (tertiary/aromatic N) is 1. The van der Waals surface area contributed by atoms with Crippen molar-refractivity contribution in [1.29, 1.82) is 0 Å². The maximum atomic E-state index is 11.9. The van der Waals surface area contributed by atoms with Crippen LogP contribution in [0.5, 0.6) is 0 Å². The topological polar surface area (TPSA) is 83.0 Å². The summed E-state index contributed by atoms with van der Waals surface area (Å²) in [6.07, 6.45) is -0.0183. The van der Waals surface area contributed by atoms with Crippen LogP contribution in [0.4, 0.5) is 0 Å². The number of aromatic amines is 1. The highest BCUT2D eigenvalue weighted by molar-refractivity contribution is 6.35. The number of hydrogen-bond donors (Lipinski definition) is 2. The smallest absolute Gasteiger partial charge is 0.308 e. The Balaban J connectivity index is 2.34. The molecule has 2 N–H and O–H groups in total. The van der Waals surface area contributed by atoms with Crippen LogP contribution in [0.25, 0.3) is 0 Å². The molecule has 0 spiro atoms. The lowest BCUT2D eigenvalue weighted by atomic mass is 10.1. The van der Waals surface area contributed by atoms with Gasteiger partial charge < -0.3 is 10.1 Å². The molecule has 7 heteroatoms. The van der Waals surface area contributed by atoms with Crippen molar-refractivity contribution in [2.45, 2.75) is 19.8 Å². The molecule has 2 rings (SSSR count). The normalized spacial score (nSPS) is 10.6. The third kappa shape index (κ3) is 3.83. The number of rotatable bonds is 4. The summed E-state index contributed by atoms with van der Waals surface area (Å²) >= 11 is 11.9. The largest absolute Gasteiger partial charge is 0.481 e. The number of carbonyl (C=O) groups is 1. The minimum Gasteiger partial charge on any atom is -0.481 e. The van der Waals surface area contributed by atoms with Crippen molar-refractivity contribution in [2.75, 3.05) is 0 Å². The van der Waals surface area contributed by atoms with E-state index in [1.807, 2.05) is 0 Å². The van der Waals surface area contributed by atoms with E-state index in [2.05, 4.69) is 9.97 Å². The monoisotopic (exact) mass is 326 g/mol. The molecule has 21 heavy (non-hydrogen) atoms. The highest BCUT2D eigenvalue weighted by Crippen LogP contribution is 2.22. The number of carboxylic acids is 1. The van der Waals surface area contributed by atoms with Gasteiger partial charge in [0.2, 0.25) is 0 Å². The van der Waals surface area contributed by atoms with Crippen LogP contribution in [0, 0.1) is 6.92 Å². The van der Waals surface area contributed by atoms with Crippen LogP contribution < -0.4 is 5.56 Å². The minimum absolute atomic E-state index is 0.161. The molecule has 0 aliphatic carbocycles. The molecule has 5 nitrogen and oxygen atoms in total. The molecule has 0 fully saturated rings. The maximum absolute atomic E-state index is 11.9. The Bertz CT molecular complexity index is 756. The van der Waals surface area contributed by atoms with Gasteiger partial charge in [-0.25, -0.2) is 4.98 Å². The number of aromatic nitrogens is 2. The van der Waals surface area contributed by atoms with E-state index in [-0.39, 0.29) is 12.0 Å². The van der Waals surface area contributed by atoms with Crippen LogP contribution in [0.2, 0.25) is 10.0 Å². The summed E-state index contributed by atoms with van der Waals surface area (Å²) in [5.41, 5.74) is 0.897. The number of H-pyrrole nitrogens is 1. The lowest BCUT2D eigenvalue weighted by Crippen LogP contribution is -2.21. The Hall–Kier alpha value is -1.85. The Labute approximate surface area is 130 Å². The summed E-state index contributed by atoms with van der Waals surface area (Å²) in [6.45, 7) is 1.61. The van der Waals surface area contributed by atoms with E-state index in [0.717, 1.165) is 5.56 Å². The Morgan fingerprint density at radius 1 is 1.38 bits per heavy atom. The second kappa shape index (κ2) is 6.28. The van der Waals surface area contributed by atoms with Crippen LogP contribution in [-0.4, -0.2) is 21.0 Å². The SMILES string of the molecule is Cc1nc(Cc2ccc(Cl)cc2Cl)[nH]c(=O)c1CC(=O)O. The summed E-state index contributed by atoms with van der Waals surface area (Å²) in [5, 5.41) is 9.78. The fourth-order valence-electron chi connectivity index (χ4n) is 1.96. The number of hydrogen-bond acceptors (Lipinski definition) is 3. The van der Waals surface area contributed by atoms with Crippen molar-refractivity contribution in [3.63, 3.8) is 0 Å². The van der Waals surface area contributed by atoms with Gasteiger partial charge in [-0.05, 0) is 24.6 Å². The van der Waals surface area contributed by atoms with Crippen molar-refractivity contribution in [1.82, 2.24) is 9.97 Å². The first-order valence-electron chi connectivity index (χ1n) is 6.11. The van der Waals surface area contributed by atoms with E-state index in [1.165, 1.54) is 0 Å². The molecule has 0 aliphatic heterocycles. The predicted molar refractivity (Wildman–Crippen MR) is 80.2 cm³/mol. The second-order valence-corrected chi connectivity index (χ2v) is 5.40. The zero-order valence-electron chi connectivity index (χ0n) is 11.1. The van der Waals surface area contributed by atoms with E-state index in [9.17, 15) is 9.59 Å². The zero-order chi connectivity index (χ0) is 15.6. The van der Waals surface area contributed by atoms with E-state index >= 15 is 0 Å². The quantitative estimate of drug-likeness (QED) is 0.904. The first-order chi connectivity index (χ1) is 9.86. The highest BCUT2D eigenvalue weighted by atomic mass is 35.5. The first kappa shape index (κ1) is 15.5. The molecular weight excluding hydrogens is 315 g/mol. The van der Waals surface area contributed by atoms with Crippen LogP contribution in [0.15, 0.2) is 23.0 Å². The minimum atomic E-state index is -1.07. The van der Waals surface area contributed by atoms with E-state index < -0.39 is 11.5 Å². The van der Waals surface area contributed by atoms with Crippen molar-refractivity contribution < 1.29 is 9.90 Å². The second-order valence-electron chi connectivity index (χ2n) is 4.56. The fourth-order valence-corrected chi connectivity index (χ4v) is 2.43. The molecule has 0 amide bonds. The number of aliphatic carboxylic acids is 1. The van der Waals surface area contributed by atoms with Crippen LogP contribution in [0.1, 0.15) is 22.6 Å². The molecule has 0 saturated carbocycles. The van der Waals surface area contributed by atoms with Gasteiger partial charge in [-0.2, -0.15) is 0 Å². The summed E-state index contributed by atoms with van der Waals surface area (Å²) in [7, 11) is 0. The maximum Gasteiger partial charge on any atom is 0.308 e. The van der Waals surface area contributed by atoms with Gasteiger partial charge in [0.25, 0.3) is 5.56 Å². The van der Waals surface area contributed by atoms with Crippen molar-refractivity contribution in [3.8, 4) is 0 Å². The molecule has 0 aliphatic rings. The lowest BCUT2D eigenvalue weighted by molar-refractivity contribution is -0.136. The average molecular weight is 327 g/mol. The molecule has 0 bridgehead atoms. The third-order valence-electron chi connectivity index (χ3n) is 2.97. The molecular formula is C14H12Cl2N2O3. The summed E-state index contributed by atoms with van der Waals surface area (Å²) in [6, 6.07) is 5.07. The van der Waals surface area contributed by atoms with E-state index in [1.54, 1.807) is 25.1 Å². The molecule has 0 unspecified atom stereocenters. The van der Waals surface area contributed by atoms with Gasteiger partial charge in [0.15, 0.2) is 0 Å². The molecule has 0 saturated heterocycles. The number of aryl methyl sites for hydroxylation is 1. The van der Waals surface area contributed by atoms with Crippen LogP contribution in [-0.2, 0) is 17.6 Å². The van der Waals surface area contributed by atoms with Gasteiger partial charge in [-0.15, -0.1) is 0 Å². The van der Waals surface area contributed by atoms with Gasteiger partial charge in [-0.1, -0.05) is 29.3 Å². The van der Waals surface area contributed by atoms with Crippen molar-refractivity contribution in [3.05, 3.63) is 61.2 Å². The number of halogens is 2. The molecule has 110 valence electrons. The Morgan fingerprint density at radius 2 is 2.10 bits per heavy atom. The molecule has 0 radical (unpaired) electrons. The summed E-state index contributed by atoms with van der Waals surface area (Å²) in [5.74, 6) is -0.644. The Morgan fingerprint density at radius 3 is 2.67 bits per heavy atom. The molecule has 0 atom stereocenters. The molecule has 1 heterocycles. The molecule has 2 aromatic rings. The molecule has 1 aromatic heterocycles. The summed E-state index contributed by atoms with van der Waals surface area (Å²) < 4.78 is 0. The number of nitrogens with one attached hydrogen (secondary N) is 1. The van der Waals surface area contributed by atoms with Gasteiger partial charge in [0, 0.05) is 27.7 Å². The molecule has 1 aromatic carbocycles. The van der Waals surface area contributed by atoms with E-state index in [4.69, 9.17) is 28.3 Å². The standard InChI is InChI=1S/C14H12Cl2N2O3/c1-7-10(6-13(19)20)14(21)18-12(17-7)4-8-2-3-9(15)5-11(8)16/h2-3,5H,4,6H2,1H3,(H,19,20)(H,17,18,21). The average Bonchev–Trinajstić information content (AvgIpc) is 2.37. The Kier molecular flexibility index (Phi) is 4.65. The van der Waals surface area contributed by atoms with Gasteiger partial charge in [0.1, 0.15) is 5.82 Å². The lowest BCUT2D eigenvalue weighted by Gasteiger charge is -2.07. The van der Waals surface area contributed by atoms with Gasteiger partial charge in [0.05, 0.1) is 6.42 Å². The van der Waals surface area contributed by atoms with Crippen LogP contribution in [0.3, 0.4) is 0 Å². The van der Waals surface area contributed by atoms with E-state index in [0.29, 0.717) is 28.0 Å². The van der Waals surface area contributed by atoms with Gasteiger partial charge >= 0.3 is 5.97 Å². The fraction of sp³-hybridized carbons (Fsp3) is 0.214. The highest BCUT2D eigenvalue weighted by Gasteiger charge is 2.12. The third-order valence-corrected chi connectivity index (χ3v) is 3.56. The summed E-state index contributed by atoms with van der Waals surface area (Å²) in [4.78, 5) is 29.5. The van der Waals surface area contributed by atoms with Gasteiger partial charge in [-0.3, -0.25) is 9.59 Å². The zero-order valence-corrected chi connectivity index (χ0v) is 12.6. The number of benzene rings is 1. The number of carboxylic acid groups (broad SMARTS) is 1. The van der Waals surface area contributed by atoms with Crippen molar-refractivity contribution >= 4 is 29.2 Å². The predicted octanol–water partition coefficient (Wildman–Crippen LogP) is 2.60. The van der Waals surface area contributed by atoms with Crippen molar-refractivity contribution in [2.24, 2.45) is 0 Å². The first-order valence-corrected chi connectivity index (χ1v) is 6.87. The van der Waals surface area contributed by atoms with Crippen LogP contribution >= 0.6 is 23.2 Å².